The lowest BCUT2D eigenvalue weighted by atomic mass is 10.1. The third-order valence-corrected chi connectivity index (χ3v) is 7.17. The van der Waals surface area contributed by atoms with Crippen LogP contribution in [-0.4, -0.2) is 48.3 Å². The zero-order valence-electron chi connectivity index (χ0n) is 15.8. The number of benzene rings is 2. The van der Waals surface area contributed by atoms with Gasteiger partial charge in [-0.05, 0) is 36.6 Å². The average molecular weight is 471 g/mol. The van der Waals surface area contributed by atoms with E-state index in [9.17, 15) is 23.1 Å². The van der Waals surface area contributed by atoms with Gasteiger partial charge < -0.3 is 10.4 Å². The maximum Gasteiger partial charge on any atom is 0.326 e. The molecule has 1 saturated heterocycles. The van der Waals surface area contributed by atoms with E-state index in [0.29, 0.717) is 6.42 Å². The fourth-order valence-electron chi connectivity index (χ4n) is 3.42. The van der Waals surface area contributed by atoms with Crippen LogP contribution in [0.3, 0.4) is 0 Å². The molecule has 3 rings (SSSR count). The Morgan fingerprint density at radius 1 is 1.13 bits per heavy atom. The minimum Gasteiger partial charge on any atom is -0.480 e. The number of carbonyl (C=O) groups excluding carboxylic acids is 1. The summed E-state index contributed by atoms with van der Waals surface area (Å²) in [6.07, 6.45) is 0.852. The molecule has 2 N–H and O–H groups in total. The van der Waals surface area contributed by atoms with Crippen molar-refractivity contribution in [3.63, 3.8) is 0 Å². The largest absolute Gasteiger partial charge is 0.480 e. The third-order valence-electron chi connectivity index (χ3n) is 4.85. The van der Waals surface area contributed by atoms with Gasteiger partial charge >= 0.3 is 5.97 Å². The molecule has 160 valence electrons. The van der Waals surface area contributed by atoms with E-state index in [2.05, 4.69) is 5.32 Å². The van der Waals surface area contributed by atoms with E-state index in [0.717, 1.165) is 9.87 Å². The molecule has 0 saturated carbocycles. The molecule has 0 aliphatic carbocycles. The van der Waals surface area contributed by atoms with Gasteiger partial charge in [-0.25, -0.2) is 13.2 Å². The predicted molar refractivity (Wildman–Crippen MR) is 113 cm³/mol. The lowest BCUT2D eigenvalue weighted by Gasteiger charge is -2.25. The second kappa shape index (κ2) is 9.34. The number of halogens is 2. The standard InChI is InChI=1S/C20H20Cl2N2O5S/c21-14-10-15(22)12-16(11-14)30(28,29)24-8-4-7-18(24)19(25)23-17(20(26)27)9-13-5-2-1-3-6-13/h1-3,5-6,10-12,17-18H,4,7-9H2,(H,23,25)(H,26,27)/t17?,18-/m0/s1. The summed E-state index contributed by atoms with van der Waals surface area (Å²) in [6.45, 7) is 0.140. The quantitative estimate of drug-likeness (QED) is 0.647. The summed E-state index contributed by atoms with van der Waals surface area (Å²) in [5.74, 6) is -1.84. The molecule has 1 heterocycles. The number of amides is 1. The Morgan fingerprint density at radius 3 is 2.37 bits per heavy atom. The van der Waals surface area contributed by atoms with Gasteiger partial charge in [-0.2, -0.15) is 4.31 Å². The Balaban J connectivity index is 1.79. The smallest absolute Gasteiger partial charge is 0.326 e. The van der Waals surface area contributed by atoms with Gasteiger partial charge in [0.05, 0.1) is 4.90 Å². The fourth-order valence-corrected chi connectivity index (χ4v) is 5.80. The van der Waals surface area contributed by atoms with E-state index in [-0.39, 0.29) is 34.3 Å². The van der Waals surface area contributed by atoms with Crippen LogP contribution in [0.1, 0.15) is 18.4 Å². The number of aliphatic carboxylic acids is 1. The summed E-state index contributed by atoms with van der Waals surface area (Å²) in [5, 5.41) is 12.3. The first-order valence-electron chi connectivity index (χ1n) is 9.23. The fraction of sp³-hybridized carbons (Fsp3) is 0.300. The Hall–Kier alpha value is -2.13. The van der Waals surface area contributed by atoms with Crippen LogP contribution in [0.2, 0.25) is 10.0 Å². The second-order valence-corrected chi connectivity index (χ2v) is 9.73. The molecule has 0 aromatic heterocycles. The summed E-state index contributed by atoms with van der Waals surface area (Å²) in [7, 11) is -4.04. The van der Waals surface area contributed by atoms with E-state index >= 15 is 0 Å². The lowest BCUT2D eigenvalue weighted by molar-refractivity contribution is -0.142. The number of rotatable bonds is 7. The Labute approximate surface area is 184 Å². The zero-order valence-corrected chi connectivity index (χ0v) is 18.1. The number of hydrogen-bond donors (Lipinski definition) is 2. The van der Waals surface area contributed by atoms with Crippen molar-refractivity contribution < 1.29 is 23.1 Å². The summed E-state index contributed by atoms with van der Waals surface area (Å²) in [5.41, 5.74) is 0.745. The molecule has 1 unspecified atom stereocenters. The summed E-state index contributed by atoms with van der Waals surface area (Å²) >= 11 is 11.9. The molecule has 1 aliphatic rings. The van der Waals surface area contributed by atoms with Gasteiger partial charge in [0.15, 0.2) is 0 Å². The molecule has 2 aromatic rings. The Kier molecular flexibility index (Phi) is 7.02. The first-order valence-corrected chi connectivity index (χ1v) is 11.4. The van der Waals surface area contributed by atoms with Gasteiger partial charge in [0.25, 0.3) is 0 Å². The highest BCUT2D eigenvalue weighted by atomic mass is 35.5. The van der Waals surface area contributed by atoms with Crippen LogP contribution >= 0.6 is 23.2 Å². The normalized spacial score (nSPS) is 18.1. The molecule has 1 amide bonds. The van der Waals surface area contributed by atoms with Crippen LogP contribution in [0.4, 0.5) is 0 Å². The van der Waals surface area contributed by atoms with Crippen LogP contribution < -0.4 is 5.32 Å². The van der Waals surface area contributed by atoms with Crippen molar-refractivity contribution in [2.24, 2.45) is 0 Å². The highest BCUT2D eigenvalue weighted by Crippen LogP contribution is 2.29. The molecule has 30 heavy (non-hydrogen) atoms. The van der Waals surface area contributed by atoms with Gasteiger partial charge in [-0.15, -0.1) is 0 Å². The molecule has 2 aromatic carbocycles. The molecule has 2 atom stereocenters. The summed E-state index contributed by atoms with van der Waals surface area (Å²) in [4.78, 5) is 24.4. The molecule has 0 radical (unpaired) electrons. The molecule has 0 spiro atoms. The number of sulfonamides is 1. The first-order chi connectivity index (χ1) is 14.2. The van der Waals surface area contributed by atoms with Crippen molar-refractivity contribution in [3.05, 3.63) is 64.1 Å². The van der Waals surface area contributed by atoms with Gasteiger partial charge in [-0.1, -0.05) is 53.5 Å². The topological polar surface area (TPSA) is 104 Å². The van der Waals surface area contributed by atoms with E-state index in [1.165, 1.54) is 18.2 Å². The molecule has 1 fully saturated rings. The number of nitrogens with zero attached hydrogens (tertiary/aromatic N) is 1. The lowest BCUT2D eigenvalue weighted by Crippen LogP contribution is -2.51. The number of carbonyl (C=O) groups is 2. The molecular formula is C20H20Cl2N2O5S. The van der Waals surface area contributed by atoms with Gasteiger partial charge in [0, 0.05) is 23.0 Å². The number of carboxylic acids is 1. The maximum absolute atomic E-state index is 13.1. The minimum absolute atomic E-state index is 0.0886. The average Bonchev–Trinajstić information content (AvgIpc) is 3.18. The highest BCUT2D eigenvalue weighted by molar-refractivity contribution is 7.89. The van der Waals surface area contributed by atoms with Gasteiger partial charge in [0.1, 0.15) is 12.1 Å². The molecule has 7 nitrogen and oxygen atoms in total. The monoisotopic (exact) mass is 470 g/mol. The second-order valence-electron chi connectivity index (χ2n) is 6.97. The molecule has 1 aliphatic heterocycles. The predicted octanol–water partition coefficient (Wildman–Crippen LogP) is 2.96. The minimum atomic E-state index is -4.04. The molecular weight excluding hydrogens is 451 g/mol. The third kappa shape index (κ3) is 5.13. The molecule has 10 heteroatoms. The van der Waals surface area contributed by atoms with E-state index in [1.807, 2.05) is 0 Å². The van der Waals surface area contributed by atoms with Gasteiger partial charge in [-0.3, -0.25) is 4.79 Å². The SMILES string of the molecule is O=C(O)C(Cc1ccccc1)NC(=O)[C@@H]1CCCN1S(=O)(=O)c1cc(Cl)cc(Cl)c1. The van der Waals surface area contributed by atoms with E-state index < -0.39 is 34.0 Å². The van der Waals surface area contributed by atoms with Gasteiger partial charge in [0.2, 0.25) is 15.9 Å². The van der Waals surface area contributed by atoms with Crippen LogP contribution in [0.5, 0.6) is 0 Å². The van der Waals surface area contributed by atoms with Crippen LogP contribution in [0.15, 0.2) is 53.4 Å². The van der Waals surface area contributed by atoms with Crippen LogP contribution in [0.25, 0.3) is 0 Å². The number of hydrogen-bond acceptors (Lipinski definition) is 4. The molecule has 0 bridgehead atoms. The Bertz CT molecular complexity index is 1030. The zero-order chi connectivity index (χ0) is 21.9. The Morgan fingerprint density at radius 2 is 1.77 bits per heavy atom. The van der Waals surface area contributed by atoms with Crippen LogP contribution in [0, 0.1) is 0 Å². The van der Waals surface area contributed by atoms with Crippen molar-refractivity contribution in [2.45, 2.75) is 36.2 Å². The van der Waals surface area contributed by atoms with Crippen molar-refractivity contribution >= 4 is 45.1 Å². The van der Waals surface area contributed by atoms with Crippen molar-refractivity contribution in [1.82, 2.24) is 9.62 Å². The highest BCUT2D eigenvalue weighted by Gasteiger charge is 2.40. The van der Waals surface area contributed by atoms with Crippen LogP contribution in [-0.2, 0) is 26.0 Å². The van der Waals surface area contributed by atoms with Crippen molar-refractivity contribution in [2.75, 3.05) is 6.54 Å². The number of carboxylic acid groups (broad SMARTS) is 1. The van der Waals surface area contributed by atoms with E-state index in [4.69, 9.17) is 23.2 Å². The van der Waals surface area contributed by atoms with E-state index in [1.54, 1.807) is 30.3 Å². The van der Waals surface area contributed by atoms with Crippen molar-refractivity contribution in [1.29, 1.82) is 0 Å². The first kappa shape index (κ1) is 22.6. The summed E-state index contributed by atoms with van der Waals surface area (Å²) < 4.78 is 27.2. The van der Waals surface area contributed by atoms with Crippen molar-refractivity contribution in [3.8, 4) is 0 Å². The number of nitrogens with one attached hydrogen (secondary N) is 1. The summed E-state index contributed by atoms with van der Waals surface area (Å²) in [6, 6.07) is 10.6. The maximum atomic E-state index is 13.1.